The van der Waals surface area contributed by atoms with Crippen LogP contribution in [0.4, 0.5) is 15.3 Å². The van der Waals surface area contributed by atoms with Crippen LogP contribution in [0.3, 0.4) is 0 Å². The van der Waals surface area contributed by atoms with Gasteiger partial charge in [0.2, 0.25) is 0 Å². The number of rotatable bonds is 6. The predicted octanol–water partition coefficient (Wildman–Crippen LogP) is 5.34. The number of thiazole rings is 1. The molecule has 2 aromatic heterocycles. The Kier molecular flexibility index (Phi) is 5.99. The molecular formula is C21H22ClFN4OS. The lowest BCUT2D eigenvalue weighted by Gasteiger charge is -2.37. The molecule has 1 aliphatic carbocycles. The topological polar surface area (TPSA) is 73.1 Å². The van der Waals surface area contributed by atoms with Crippen molar-refractivity contribution in [3.8, 4) is 5.75 Å². The van der Waals surface area contributed by atoms with Gasteiger partial charge in [0.15, 0.2) is 16.7 Å². The smallest absolute Gasteiger partial charge is 0.188 e. The largest absolute Gasteiger partial charge is 0.487 e. The van der Waals surface area contributed by atoms with Gasteiger partial charge in [0, 0.05) is 29.2 Å². The van der Waals surface area contributed by atoms with Crippen molar-refractivity contribution in [3.63, 3.8) is 0 Å². The summed E-state index contributed by atoms with van der Waals surface area (Å²) in [6, 6.07) is 10.7. The summed E-state index contributed by atoms with van der Waals surface area (Å²) in [4.78, 5) is 8.89. The first-order chi connectivity index (χ1) is 14.0. The van der Waals surface area contributed by atoms with E-state index in [1.807, 2.05) is 23.6 Å². The van der Waals surface area contributed by atoms with Gasteiger partial charge in [-0.3, -0.25) is 0 Å². The SMILES string of the molecule is N[C@]1(Cc2cccc(Nc3nccs3)n2)CC[C@@H](Oc2cccc(Cl)c2F)CC1. The van der Waals surface area contributed by atoms with Gasteiger partial charge in [-0.25, -0.2) is 14.4 Å². The van der Waals surface area contributed by atoms with E-state index >= 15 is 0 Å². The van der Waals surface area contributed by atoms with Crippen molar-refractivity contribution in [3.05, 3.63) is 64.5 Å². The van der Waals surface area contributed by atoms with Crippen LogP contribution in [0, 0.1) is 5.82 Å². The molecule has 3 aromatic rings. The van der Waals surface area contributed by atoms with E-state index in [0.29, 0.717) is 6.42 Å². The normalized spacial score (nSPS) is 21.7. The maximum absolute atomic E-state index is 14.1. The van der Waals surface area contributed by atoms with Gasteiger partial charge in [0.1, 0.15) is 5.82 Å². The Hall–Kier alpha value is -2.22. The van der Waals surface area contributed by atoms with Crippen LogP contribution in [0.25, 0.3) is 0 Å². The number of hydrogen-bond acceptors (Lipinski definition) is 6. The highest BCUT2D eigenvalue weighted by Crippen LogP contribution is 2.33. The number of halogens is 2. The molecule has 1 aromatic carbocycles. The van der Waals surface area contributed by atoms with Crippen molar-refractivity contribution in [2.45, 2.75) is 43.7 Å². The van der Waals surface area contributed by atoms with Gasteiger partial charge in [-0.1, -0.05) is 23.7 Å². The van der Waals surface area contributed by atoms with Crippen molar-refractivity contribution >= 4 is 33.9 Å². The minimum atomic E-state index is -0.507. The molecular weight excluding hydrogens is 411 g/mol. The van der Waals surface area contributed by atoms with Crippen LogP contribution in [0.5, 0.6) is 5.75 Å². The highest BCUT2D eigenvalue weighted by Gasteiger charge is 2.33. The van der Waals surface area contributed by atoms with E-state index < -0.39 is 5.82 Å². The molecule has 0 atom stereocenters. The zero-order valence-corrected chi connectivity index (χ0v) is 17.3. The number of nitrogens with two attached hydrogens (primary N) is 1. The van der Waals surface area contributed by atoms with E-state index in [2.05, 4.69) is 15.3 Å². The van der Waals surface area contributed by atoms with Crippen LogP contribution in [0.1, 0.15) is 31.4 Å². The summed E-state index contributed by atoms with van der Waals surface area (Å²) in [5.41, 5.74) is 7.26. The van der Waals surface area contributed by atoms with Crippen LogP contribution in [-0.2, 0) is 6.42 Å². The number of hydrogen-bond donors (Lipinski definition) is 2. The third-order valence-corrected chi connectivity index (χ3v) is 6.13. The number of benzene rings is 1. The van der Waals surface area contributed by atoms with Gasteiger partial charge in [-0.2, -0.15) is 0 Å². The standard InChI is InChI=1S/C21H22ClFN4OS/c22-16-4-2-5-17(19(16)23)28-15-7-9-21(24,10-8-15)13-14-3-1-6-18(26-14)27-20-25-11-12-29-20/h1-6,11-12,15H,7-10,13,24H2,(H,25,26,27)/t15-,21-. The Balaban J connectivity index is 1.35. The molecule has 2 heterocycles. The fourth-order valence-corrected chi connectivity index (χ4v) is 4.32. The Morgan fingerprint density at radius 2 is 2.03 bits per heavy atom. The van der Waals surface area contributed by atoms with Crippen LogP contribution in [-0.4, -0.2) is 21.6 Å². The number of nitrogens with one attached hydrogen (secondary N) is 1. The molecule has 1 aliphatic rings. The summed E-state index contributed by atoms with van der Waals surface area (Å²) in [7, 11) is 0. The predicted molar refractivity (Wildman–Crippen MR) is 115 cm³/mol. The minimum absolute atomic E-state index is 0.0643. The molecule has 5 nitrogen and oxygen atoms in total. The third-order valence-electron chi connectivity index (χ3n) is 5.15. The fraction of sp³-hybridized carbons (Fsp3) is 0.333. The number of anilines is 2. The molecule has 3 N–H and O–H groups in total. The molecule has 0 aliphatic heterocycles. The Bertz CT molecular complexity index is 961. The molecule has 4 rings (SSSR count). The summed E-state index contributed by atoms with van der Waals surface area (Å²) in [6.45, 7) is 0. The molecule has 0 unspecified atom stereocenters. The fourth-order valence-electron chi connectivity index (χ4n) is 3.62. The maximum Gasteiger partial charge on any atom is 0.188 e. The quantitative estimate of drug-likeness (QED) is 0.550. The van der Waals surface area contributed by atoms with E-state index in [0.717, 1.165) is 42.3 Å². The van der Waals surface area contributed by atoms with Crippen molar-refractivity contribution < 1.29 is 9.13 Å². The molecule has 1 saturated carbocycles. The van der Waals surface area contributed by atoms with E-state index in [4.69, 9.17) is 22.1 Å². The van der Waals surface area contributed by atoms with Crippen LogP contribution >= 0.6 is 22.9 Å². The van der Waals surface area contributed by atoms with Gasteiger partial charge in [-0.15, -0.1) is 11.3 Å². The third kappa shape index (κ3) is 5.04. The van der Waals surface area contributed by atoms with E-state index in [9.17, 15) is 4.39 Å². The van der Waals surface area contributed by atoms with E-state index in [-0.39, 0.29) is 22.4 Å². The second-order valence-electron chi connectivity index (χ2n) is 7.38. The zero-order valence-electron chi connectivity index (χ0n) is 15.8. The first kappa shape index (κ1) is 20.1. The molecule has 0 amide bonds. The van der Waals surface area contributed by atoms with Crippen LogP contribution in [0.15, 0.2) is 48.0 Å². The summed E-state index contributed by atoms with van der Waals surface area (Å²) >= 11 is 7.36. The lowest BCUT2D eigenvalue weighted by atomic mass is 9.78. The summed E-state index contributed by atoms with van der Waals surface area (Å²) < 4.78 is 19.9. The first-order valence-electron chi connectivity index (χ1n) is 9.53. The molecule has 0 saturated heterocycles. The second kappa shape index (κ2) is 8.65. The van der Waals surface area contributed by atoms with Gasteiger partial charge in [0.05, 0.1) is 11.1 Å². The molecule has 0 spiro atoms. The van der Waals surface area contributed by atoms with Crippen molar-refractivity contribution in [1.29, 1.82) is 0 Å². The first-order valence-corrected chi connectivity index (χ1v) is 10.8. The number of pyridine rings is 1. The molecule has 0 bridgehead atoms. The summed E-state index contributed by atoms with van der Waals surface area (Å²) in [5, 5.41) is 6.00. The Morgan fingerprint density at radius 1 is 1.24 bits per heavy atom. The van der Waals surface area contributed by atoms with E-state index in [1.165, 1.54) is 17.4 Å². The second-order valence-corrected chi connectivity index (χ2v) is 8.69. The van der Waals surface area contributed by atoms with Gasteiger partial charge >= 0.3 is 0 Å². The van der Waals surface area contributed by atoms with Crippen LogP contribution in [0.2, 0.25) is 5.02 Å². The monoisotopic (exact) mass is 432 g/mol. The lowest BCUT2D eigenvalue weighted by molar-refractivity contribution is 0.113. The molecule has 29 heavy (non-hydrogen) atoms. The number of aromatic nitrogens is 2. The number of ether oxygens (including phenoxy) is 1. The highest BCUT2D eigenvalue weighted by atomic mass is 35.5. The van der Waals surface area contributed by atoms with Gasteiger partial charge in [0.25, 0.3) is 0 Å². The van der Waals surface area contributed by atoms with Crippen molar-refractivity contribution in [2.75, 3.05) is 5.32 Å². The summed E-state index contributed by atoms with van der Waals surface area (Å²) in [6.07, 6.45) is 5.46. The Morgan fingerprint density at radius 3 is 2.79 bits per heavy atom. The molecule has 152 valence electrons. The average molecular weight is 433 g/mol. The number of nitrogens with zero attached hydrogens (tertiary/aromatic N) is 2. The zero-order chi connectivity index (χ0) is 20.3. The van der Waals surface area contributed by atoms with Crippen molar-refractivity contribution in [1.82, 2.24) is 9.97 Å². The minimum Gasteiger partial charge on any atom is -0.487 e. The van der Waals surface area contributed by atoms with E-state index in [1.54, 1.807) is 18.3 Å². The van der Waals surface area contributed by atoms with Gasteiger partial charge < -0.3 is 15.8 Å². The lowest BCUT2D eigenvalue weighted by Crippen LogP contribution is -2.47. The average Bonchev–Trinajstić information content (AvgIpc) is 3.20. The van der Waals surface area contributed by atoms with Crippen LogP contribution < -0.4 is 15.8 Å². The molecule has 1 fully saturated rings. The maximum atomic E-state index is 14.1. The van der Waals surface area contributed by atoms with Gasteiger partial charge in [-0.05, 0) is 49.9 Å². The molecule has 0 radical (unpaired) electrons. The summed E-state index contributed by atoms with van der Waals surface area (Å²) in [5.74, 6) is 0.455. The highest BCUT2D eigenvalue weighted by molar-refractivity contribution is 7.13. The Labute approximate surface area is 178 Å². The molecule has 8 heteroatoms. The van der Waals surface area contributed by atoms with Crippen molar-refractivity contribution in [2.24, 2.45) is 5.73 Å².